The van der Waals surface area contributed by atoms with Gasteiger partial charge in [0.2, 0.25) is 0 Å². The van der Waals surface area contributed by atoms with Crippen LogP contribution in [-0.4, -0.2) is 32.1 Å². The van der Waals surface area contributed by atoms with Gasteiger partial charge < -0.3 is 10.2 Å². The highest BCUT2D eigenvalue weighted by Crippen LogP contribution is 2.17. The third-order valence-corrected chi connectivity index (χ3v) is 2.81. The zero-order valence-corrected chi connectivity index (χ0v) is 11.1. The van der Waals surface area contributed by atoms with Gasteiger partial charge in [0.05, 0.1) is 11.6 Å². The largest absolute Gasteiger partial charge is 0.313 e. The van der Waals surface area contributed by atoms with E-state index in [1.807, 2.05) is 6.07 Å². The highest BCUT2D eigenvalue weighted by molar-refractivity contribution is 6.31. The summed E-state index contributed by atoms with van der Waals surface area (Å²) < 4.78 is 0. The maximum absolute atomic E-state index is 8.72. The van der Waals surface area contributed by atoms with E-state index < -0.39 is 0 Å². The minimum atomic E-state index is 0.603. The molecule has 0 saturated heterocycles. The number of benzene rings is 1. The van der Waals surface area contributed by atoms with Gasteiger partial charge in [-0.05, 0) is 51.3 Å². The third kappa shape index (κ3) is 5.18. The van der Waals surface area contributed by atoms with E-state index in [0.29, 0.717) is 10.6 Å². The molecule has 0 spiro atoms. The van der Waals surface area contributed by atoms with Crippen LogP contribution in [0.2, 0.25) is 5.02 Å². The van der Waals surface area contributed by atoms with Crippen molar-refractivity contribution in [3.05, 3.63) is 34.3 Å². The van der Waals surface area contributed by atoms with Crippen LogP contribution in [0.1, 0.15) is 17.5 Å². The van der Waals surface area contributed by atoms with Crippen molar-refractivity contribution in [1.82, 2.24) is 10.2 Å². The number of nitrogens with zero attached hydrogens (tertiary/aromatic N) is 2. The lowest BCUT2D eigenvalue weighted by Crippen LogP contribution is -2.21. The maximum atomic E-state index is 8.72. The summed E-state index contributed by atoms with van der Waals surface area (Å²) in [6, 6.07) is 7.48. The molecule has 0 heterocycles. The number of rotatable bonds is 6. The first-order valence-corrected chi connectivity index (χ1v) is 6.05. The molecule has 1 aromatic carbocycles. The molecule has 1 rings (SSSR count). The molecule has 3 nitrogen and oxygen atoms in total. The second kappa shape index (κ2) is 7.29. The number of hydrogen-bond donors (Lipinski definition) is 1. The minimum Gasteiger partial charge on any atom is -0.313 e. The molecule has 0 amide bonds. The molecule has 17 heavy (non-hydrogen) atoms. The third-order valence-electron chi connectivity index (χ3n) is 2.46. The quantitative estimate of drug-likeness (QED) is 0.789. The Bertz CT molecular complexity index is 396. The van der Waals surface area contributed by atoms with Crippen molar-refractivity contribution in [2.75, 3.05) is 27.2 Å². The summed E-state index contributed by atoms with van der Waals surface area (Å²) in [5.41, 5.74) is 1.64. The summed E-state index contributed by atoms with van der Waals surface area (Å²) in [6.07, 6.45) is 1.11. The van der Waals surface area contributed by atoms with E-state index in [1.165, 1.54) is 0 Å². The molecule has 0 bridgehead atoms. The molecule has 4 heteroatoms. The van der Waals surface area contributed by atoms with Crippen LogP contribution in [0.15, 0.2) is 18.2 Å². The van der Waals surface area contributed by atoms with Gasteiger partial charge in [0.15, 0.2) is 0 Å². The van der Waals surface area contributed by atoms with Crippen molar-refractivity contribution < 1.29 is 0 Å². The van der Waals surface area contributed by atoms with Crippen LogP contribution in [0.4, 0.5) is 0 Å². The summed E-state index contributed by atoms with van der Waals surface area (Å²) in [4.78, 5) is 2.16. The van der Waals surface area contributed by atoms with Gasteiger partial charge in [-0.25, -0.2) is 0 Å². The van der Waals surface area contributed by atoms with E-state index in [2.05, 4.69) is 30.4 Å². The molecule has 1 N–H and O–H groups in total. The summed E-state index contributed by atoms with van der Waals surface area (Å²) in [5, 5.41) is 12.7. The Hall–Kier alpha value is -1.08. The van der Waals surface area contributed by atoms with Crippen LogP contribution in [0.3, 0.4) is 0 Å². The normalized spacial score (nSPS) is 10.5. The lowest BCUT2D eigenvalue weighted by atomic mass is 10.1. The van der Waals surface area contributed by atoms with E-state index >= 15 is 0 Å². The van der Waals surface area contributed by atoms with Crippen LogP contribution in [0.25, 0.3) is 0 Å². The Morgan fingerprint density at radius 1 is 1.41 bits per heavy atom. The van der Waals surface area contributed by atoms with Gasteiger partial charge in [0.1, 0.15) is 0 Å². The Kier molecular flexibility index (Phi) is 5.99. The van der Waals surface area contributed by atoms with E-state index in [9.17, 15) is 0 Å². The fourth-order valence-corrected chi connectivity index (χ4v) is 1.75. The summed E-state index contributed by atoms with van der Waals surface area (Å²) in [5.74, 6) is 0. The average Bonchev–Trinajstić information content (AvgIpc) is 2.30. The fourth-order valence-electron chi connectivity index (χ4n) is 1.50. The first kappa shape index (κ1) is 14.0. The zero-order chi connectivity index (χ0) is 12.7. The number of halogens is 1. The van der Waals surface area contributed by atoms with Gasteiger partial charge in [-0.2, -0.15) is 5.26 Å². The predicted octanol–water partition coefficient (Wildman–Crippen LogP) is 2.25. The molecule has 0 aromatic heterocycles. The number of nitriles is 1. The molecule has 0 aliphatic rings. The summed E-state index contributed by atoms with van der Waals surface area (Å²) >= 11 is 6.07. The monoisotopic (exact) mass is 251 g/mol. The van der Waals surface area contributed by atoms with Crippen LogP contribution < -0.4 is 5.32 Å². The first-order valence-electron chi connectivity index (χ1n) is 5.67. The zero-order valence-electron chi connectivity index (χ0n) is 10.3. The number of nitrogens with one attached hydrogen (secondary N) is 1. The molecule has 0 aliphatic heterocycles. The van der Waals surface area contributed by atoms with Gasteiger partial charge in [-0.3, -0.25) is 0 Å². The minimum absolute atomic E-state index is 0.603. The molecule has 0 unspecified atom stereocenters. The molecule has 92 valence electrons. The van der Waals surface area contributed by atoms with Gasteiger partial charge in [-0.1, -0.05) is 17.7 Å². The van der Waals surface area contributed by atoms with Crippen LogP contribution in [0, 0.1) is 11.3 Å². The van der Waals surface area contributed by atoms with E-state index in [4.69, 9.17) is 16.9 Å². The Balaban J connectivity index is 2.35. The molecule has 0 saturated carbocycles. The van der Waals surface area contributed by atoms with Crippen LogP contribution in [-0.2, 0) is 6.54 Å². The predicted molar refractivity (Wildman–Crippen MR) is 71.0 cm³/mol. The van der Waals surface area contributed by atoms with E-state index in [-0.39, 0.29) is 0 Å². The smallest absolute Gasteiger partial charge is 0.0992 e. The molecule has 0 aliphatic carbocycles. The Labute approximate surface area is 108 Å². The standard InChI is InChI=1S/C13H18ClN3/c1-17(2)7-3-6-16-10-12-5-4-11(9-15)8-13(12)14/h4-5,8,16H,3,6-7,10H2,1-2H3. The van der Waals surface area contributed by atoms with Crippen LogP contribution in [0.5, 0.6) is 0 Å². The van der Waals surface area contributed by atoms with Gasteiger partial charge in [-0.15, -0.1) is 0 Å². The molecule has 0 fully saturated rings. The second-order valence-corrected chi connectivity index (χ2v) is 4.66. The summed E-state index contributed by atoms with van der Waals surface area (Å²) in [6.45, 7) is 2.79. The highest BCUT2D eigenvalue weighted by Gasteiger charge is 2.01. The molecule has 0 atom stereocenters. The maximum Gasteiger partial charge on any atom is 0.0992 e. The van der Waals surface area contributed by atoms with Crippen molar-refractivity contribution in [3.8, 4) is 6.07 Å². The highest BCUT2D eigenvalue weighted by atomic mass is 35.5. The van der Waals surface area contributed by atoms with Gasteiger partial charge in [0.25, 0.3) is 0 Å². The fraction of sp³-hybridized carbons (Fsp3) is 0.462. The van der Waals surface area contributed by atoms with Gasteiger partial charge >= 0.3 is 0 Å². The van der Waals surface area contributed by atoms with Crippen molar-refractivity contribution in [2.45, 2.75) is 13.0 Å². The Morgan fingerprint density at radius 2 is 2.18 bits per heavy atom. The topological polar surface area (TPSA) is 39.1 Å². The average molecular weight is 252 g/mol. The Morgan fingerprint density at radius 3 is 2.76 bits per heavy atom. The lowest BCUT2D eigenvalue weighted by Gasteiger charge is -2.10. The first-order chi connectivity index (χ1) is 8.13. The SMILES string of the molecule is CN(C)CCCNCc1ccc(C#N)cc1Cl. The van der Waals surface area contributed by atoms with Crippen LogP contribution >= 0.6 is 11.6 Å². The summed E-state index contributed by atoms with van der Waals surface area (Å²) in [7, 11) is 4.13. The van der Waals surface area contributed by atoms with Crippen molar-refractivity contribution in [3.63, 3.8) is 0 Å². The lowest BCUT2D eigenvalue weighted by molar-refractivity contribution is 0.394. The van der Waals surface area contributed by atoms with Crippen molar-refractivity contribution in [2.24, 2.45) is 0 Å². The second-order valence-electron chi connectivity index (χ2n) is 4.25. The van der Waals surface area contributed by atoms with Crippen molar-refractivity contribution in [1.29, 1.82) is 5.26 Å². The molecular formula is C13H18ClN3. The molecule has 0 radical (unpaired) electrons. The van der Waals surface area contributed by atoms with E-state index in [1.54, 1.807) is 12.1 Å². The molecular weight excluding hydrogens is 234 g/mol. The van der Waals surface area contributed by atoms with Gasteiger partial charge in [0, 0.05) is 11.6 Å². The van der Waals surface area contributed by atoms with E-state index in [0.717, 1.165) is 31.6 Å². The molecule has 1 aromatic rings. The number of hydrogen-bond acceptors (Lipinski definition) is 3. The van der Waals surface area contributed by atoms with Crippen molar-refractivity contribution >= 4 is 11.6 Å².